The minimum atomic E-state index is -1.52. The average molecular weight is 517 g/mol. The van der Waals surface area contributed by atoms with Crippen molar-refractivity contribution in [3.63, 3.8) is 0 Å². The average Bonchev–Trinajstić information content (AvgIpc) is 2.87. The lowest BCUT2D eigenvalue weighted by atomic mass is 10.0. The van der Waals surface area contributed by atoms with Crippen LogP contribution >= 0.6 is 0 Å². The number of carbonyl (C=O) groups is 4. The van der Waals surface area contributed by atoms with Gasteiger partial charge in [-0.1, -0.05) is 42.5 Å². The van der Waals surface area contributed by atoms with Crippen LogP contribution in [0.25, 0.3) is 0 Å². The minimum absolute atomic E-state index is 0.00887. The molecule has 37 heavy (non-hydrogen) atoms. The molecule has 12 heteroatoms. The largest absolute Gasteiger partial charge is 0.508 e. The van der Waals surface area contributed by atoms with Crippen LogP contribution in [0.4, 0.5) is 0 Å². The van der Waals surface area contributed by atoms with Crippen molar-refractivity contribution >= 4 is 23.7 Å². The van der Waals surface area contributed by atoms with E-state index in [0.29, 0.717) is 11.1 Å². The van der Waals surface area contributed by atoms with Crippen LogP contribution in [0.2, 0.25) is 0 Å². The van der Waals surface area contributed by atoms with Gasteiger partial charge in [-0.25, -0.2) is 4.79 Å². The van der Waals surface area contributed by atoms with Crippen molar-refractivity contribution in [3.8, 4) is 5.75 Å². The third-order valence-corrected chi connectivity index (χ3v) is 5.54. The second-order valence-corrected chi connectivity index (χ2v) is 8.53. The van der Waals surface area contributed by atoms with E-state index >= 15 is 0 Å². The fraction of sp³-hybridized carbons (Fsp3) is 0.360. The van der Waals surface area contributed by atoms with Gasteiger partial charge in [0, 0.05) is 12.8 Å². The summed E-state index contributed by atoms with van der Waals surface area (Å²) < 4.78 is 0. The Balaban J connectivity index is 2.15. The Morgan fingerprint density at radius 2 is 1.27 bits per heavy atom. The number of aliphatic carboxylic acids is 1. The van der Waals surface area contributed by atoms with Gasteiger partial charge in [-0.2, -0.15) is 0 Å². The Labute approximate surface area is 213 Å². The molecule has 9 N–H and O–H groups in total. The molecule has 3 amide bonds. The molecule has 0 heterocycles. The van der Waals surface area contributed by atoms with Crippen LogP contribution in [0.5, 0.6) is 5.75 Å². The number of benzene rings is 2. The van der Waals surface area contributed by atoms with Gasteiger partial charge in [0.05, 0.1) is 12.7 Å². The summed E-state index contributed by atoms with van der Waals surface area (Å²) in [5.41, 5.74) is 6.86. The van der Waals surface area contributed by atoms with Crippen LogP contribution in [0.15, 0.2) is 54.6 Å². The molecular weight excluding hydrogens is 484 g/mol. The summed E-state index contributed by atoms with van der Waals surface area (Å²) in [5.74, 6) is -3.93. The first-order chi connectivity index (χ1) is 17.5. The number of aliphatic hydroxyl groups is 2. The van der Waals surface area contributed by atoms with Crippen molar-refractivity contribution in [1.29, 1.82) is 0 Å². The van der Waals surface area contributed by atoms with Crippen LogP contribution in [-0.2, 0) is 32.0 Å². The van der Waals surface area contributed by atoms with Crippen LogP contribution in [0.1, 0.15) is 18.1 Å². The van der Waals surface area contributed by atoms with Crippen molar-refractivity contribution in [1.82, 2.24) is 16.0 Å². The fourth-order valence-electron chi connectivity index (χ4n) is 3.35. The van der Waals surface area contributed by atoms with Gasteiger partial charge in [0.25, 0.3) is 0 Å². The highest BCUT2D eigenvalue weighted by atomic mass is 16.4. The molecule has 0 saturated heterocycles. The van der Waals surface area contributed by atoms with E-state index in [1.807, 2.05) is 0 Å². The van der Waals surface area contributed by atoms with E-state index in [-0.39, 0.29) is 18.6 Å². The van der Waals surface area contributed by atoms with Gasteiger partial charge in [0.15, 0.2) is 0 Å². The molecule has 0 saturated carbocycles. The molecule has 12 nitrogen and oxygen atoms in total. The lowest BCUT2D eigenvalue weighted by Gasteiger charge is -2.25. The lowest BCUT2D eigenvalue weighted by Crippen LogP contribution is -2.59. The third-order valence-electron chi connectivity index (χ3n) is 5.54. The number of carboxylic acids is 1. The van der Waals surface area contributed by atoms with Crippen LogP contribution < -0.4 is 21.7 Å². The molecule has 0 aliphatic rings. The molecule has 200 valence electrons. The Hall–Kier alpha value is -4.00. The molecule has 0 aliphatic carbocycles. The van der Waals surface area contributed by atoms with Crippen molar-refractivity contribution in [2.75, 3.05) is 6.61 Å². The Morgan fingerprint density at radius 1 is 0.784 bits per heavy atom. The van der Waals surface area contributed by atoms with Gasteiger partial charge < -0.3 is 42.1 Å². The van der Waals surface area contributed by atoms with E-state index in [1.54, 1.807) is 30.3 Å². The maximum Gasteiger partial charge on any atom is 0.326 e. The van der Waals surface area contributed by atoms with Gasteiger partial charge in [-0.15, -0.1) is 0 Å². The zero-order valence-corrected chi connectivity index (χ0v) is 20.2. The highest BCUT2D eigenvalue weighted by Gasteiger charge is 2.31. The van der Waals surface area contributed by atoms with Gasteiger partial charge >= 0.3 is 5.97 Å². The second-order valence-electron chi connectivity index (χ2n) is 8.53. The molecule has 0 aromatic heterocycles. The first-order valence-electron chi connectivity index (χ1n) is 11.5. The number of aliphatic hydroxyl groups excluding tert-OH is 2. The summed E-state index contributed by atoms with van der Waals surface area (Å²) in [6.07, 6.45) is -1.30. The summed E-state index contributed by atoms with van der Waals surface area (Å²) in [6.45, 7) is 0.460. The molecule has 2 aromatic rings. The first-order valence-corrected chi connectivity index (χ1v) is 11.5. The molecule has 0 aliphatic heterocycles. The molecule has 5 atom stereocenters. The van der Waals surface area contributed by atoms with Crippen LogP contribution in [-0.4, -0.2) is 81.0 Å². The Morgan fingerprint density at radius 3 is 1.81 bits per heavy atom. The number of rotatable bonds is 13. The number of carbonyl (C=O) groups excluding carboxylic acids is 3. The van der Waals surface area contributed by atoms with Gasteiger partial charge in [0.1, 0.15) is 29.9 Å². The SMILES string of the molecule is CC(O)C(N)C(=O)NC(Cc1ccc(O)cc1)C(=O)NC(CO)C(=O)NC(Cc1ccccc1)C(=O)O. The van der Waals surface area contributed by atoms with Crippen LogP contribution in [0, 0.1) is 0 Å². The number of carboxylic acid groups (broad SMARTS) is 1. The number of phenolic OH excluding ortho intramolecular Hbond substituents is 1. The van der Waals surface area contributed by atoms with Gasteiger partial charge in [-0.3, -0.25) is 14.4 Å². The molecule has 5 unspecified atom stereocenters. The standard InChI is InChI=1S/C25H32N4O8/c1-14(31)21(26)24(35)27-18(11-16-7-9-17(32)10-8-16)22(33)29-20(13-30)23(34)28-19(25(36)37)12-15-5-3-2-4-6-15/h2-10,14,18-21,30-32H,11-13,26H2,1H3,(H,27,35)(H,28,34)(H,29,33)(H,36,37). The van der Waals surface area contributed by atoms with E-state index in [9.17, 15) is 39.6 Å². The van der Waals surface area contributed by atoms with Gasteiger partial charge in [0.2, 0.25) is 17.7 Å². The van der Waals surface area contributed by atoms with Gasteiger partial charge in [-0.05, 0) is 30.2 Å². The molecule has 0 fully saturated rings. The molecular formula is C25H32N4O8. The van der Waals surface area contributed by atoms with E-state index in [1.165, 1.54) is 31.2 Å². The quantitative estimate of drug-likeness (QED) is 0.154. The van der Waals surface area contributed by atoms with Crippen molar-refractivity contribution in [3.05, 3.63) is 65.7 Å². The summed E-state index contributed by atoms with van der Waals surface area (Å²) in [7, 11) is 0. The monoisotopic (exact) mass is 516 g/mol. The topological polar surface area (TPSA) is 211 Å². The van der Waals surface area contributed by atoms with Crippen molar-refractivity contribution in [2.45, 2.75) is 50.0 Å². The Bertz CT molecular complexity index is 1060. The number of aromatic hydroxyl groups is 1. The Kier molecular flexibility index (Phi) is 11.0. The maximum absolute atomic E-state index is 13.0. The predicted molar refractivity (Wildman–Crippen MR) is 132 cm³/mol. The second kappa shape index (κ2) is 13.9. The summed E-state index contributed by atoms with van der Waals surface area (Å²) >= 11 is 0. The number of hydrogen-bond donors (Lipinski definition) is 8. The third kappa shape index (κ3) is 9.18. The minimum Gasteiger partial charge on any atom is -0.508 e. The first kappa shape index (κ1) is 29.2. The van der Waals surface area contributed by atoms with E-state index in [4.69, 9.17) is 5.73 Å². The number of phenols is 1. The van der Waals surface area contributed by atoms with Crippen molar-refractivity contribution in [2.24, 2.45) is 5.73 Å². The number of amides is 3. The summed E-state index contributed by atoms with van der Waals surface area (Å²) in [4.78, 5) is 49.9. The zero-order chi connectivity index (χ0) is 27.5. The highest BCUT2D eigenvalue weighted by molar-refractivity contribution is 5.94. The number of nitrogens with one attached hydrogen (secondary N) is 3. The molecule has 2 rings (SSSR count). The summed E-state index contributed by atoms with van der Waals surface area (Å²) in [6, 6.07) is 8.96. The maximum atomic E-state index is 13.0. The molecule has 2 aromatic carbocycles. The van der Waals surface area contributed by atoms with Crippen LogP contribution in [0.3, 0.4) is 0 Å². The smallest absolute Gasteiger partial charge is 0.326 e. The van der Waals surface area contributed by atoms with E-state index < -0.39 is 60.6 Å². The summed E-state index contributed by atoms with van der Waals surface area (Å²) in [5, 5.41) is 45.4. The van der Waals surface area contributed by atoms with E-state index in [2.05, 4.69) is 16.0 Å². The lowest BCUT2D eigenvalue weighted by molar-refractivity contribution is -0.142. The fourth-order valence-corrected chi connectivity index (χ4v) is 3.35. The molecule has 0 spiro atoms. The number of hydrogen-bond acceptors (Lipinski definition) is 8. The number of nitrogens with two attached hydrogens (primary N) is 1. The van der Waals surface area contributed by atoms with Crippen molar-refractivity contribution < 1.29 is 39.6 Å². The molecule has 0 radical (unpaired) electrons. The predicted octanol–water partition coefficient (Wildman–Crippen LogP) is -1.58. The molecule has 0 bridgehead atoms. The normalized spacial score (nSPS) is 14.9. The zero-order valence-electron chi connectivity index (χ0n) is 20.2. The highest BCUT2D eigenvalue weighted by Crippen LogP contribution is 2.12. The van der Waals surface area contributed by atoms with E-state index in [0.717, 1.165) is 0 Å².